The van der Waals surface area contributed by atoms with Crippen LogP contribution >= 0.6 is 27.5 Å². The molecule has 0 N–H and O–H groups in total. The summed E-state index contributed by atoms with van der Waals surface area (Å²) in [6.07, 6.45) is 7.33. The van der Waals surface area contributed by atoms with Gasteiger partial charge in [0.05, 0.1) is 0 Å². The first kappa shape index (κ1) is 9.23. The summed E-state index contributed by atoms with van der Waals surface area (Å²) < 4.78 is 1.38. The zero-order valence-corrected chi connectivity index (χ0v) is 10.3. The van der Waals surface area contributed by atoms with Crippen LogP contribution in [0.15, 0.2) is 4.47 Å². The molecule has 74 valence electrons. The second kappa shape index (κ2) is 3.24. The highest BCUT2D eigenvalue weighted by Gasteiger charge is 2.26. The van der Waals surface area contributed by atoms with Crippen molar-refractivity contribution in [3.05, 3.63) is 31.7 Å². The summed E-state index contributed by atoms with van der Waals surface area (Å²) in [5, 5.41) is 1.09. The topological polar surface area (TPSA) is 0 Å². The number of halogens is 2. The maximum Gasteiger partial charge on any atom is 0.0476 e. The van der Waals surface area contributed by atoms with Gasteiger partial charge in [-0.15, -0.1) is 0 Å². The highest BCUT2D eigenvalue weighted by atomic mass is 79.9. The van der Waals surface area contributed by atoms with Gasteiger partial charge in [0.1, 0.15) is 0 Å². The number of rotatable bonds is 0. The minimum absolute atomic E-state index is 1.09. The van der Waals surface area contributed by atoms with E-state index in [4.69, 9.17) is 11.6 Å². The predicted octanol–water partition coefficient (Wildman–Crippen LogP) is 4.08. The molecule has 14 heavy (non-hydrogen) atoms. The molecule has 0 heterocycles. The highest BCUT2D eigenvalue weighted by Crippen LogP contribution is 2.43. The molecule has 0 aromatic heterocycles. The summed E-state index contributed by atoms with van der Waals surface area (Å²) in [7, 11) is 0. The number of fused-ring (bicyclic) bond motifs is 2. The molecule has 0 bridgehead atoms. The van der Waals surface area contributed by atoms with Crippen molar-refractivity contribution < 1.29 is 0 Å². The Hall–Kier alpha value is -0.0100. The van der Waals surface area contributed by atoms with E-state index in [-0.39, 0.29) is 0 Å². The molecule has 2 aliphatic carbocycles. The van der Waals surface area contributed by atoms with Crippen LogP contribution in [0.1, 0.15) is 35.1 Å². The smallest absolute Gasteiger partial charge is 0.0476 e. The molecule has 0 saturated heterocycles. The van der Waals surface area contributed by atoms with Crippen LogP contribution in [-0.2, 0) is 25.7 Å². The number of hydrogen-bond donors (Lipinski definition) is 0. The average molecular weight is 272 g/mol. The van der Waals surface area contributed by atoms with Crippen LogP contribution in [0.25, 0.3) is 0 Å². The van der Waals surface area contributed by atoms with Gasteiger partial charge in [-0.2, -0.15) is 0 Å². The lowest BCUT2D eigenvalue weighted by atomic mass is 10.0. The lowest BCUT2D eigenvalue weighted by Crippen LogP contribution is -1.95. The molecular formula is C12H12BrCl. The van der Waals surface area contributed by atoms with Gasteiger partial charge in [-0.05, 0) is 60.8 Å². The lowest BCUT2D eigenvalue weighted by Gasteiger charge is -2.12. The number of hydrogen-bond acceptors (Lipinski definition) is 0. The van der Waals surface area contributed by atoms with Crippen LogP contribution in [0.3, 0.4) is 0 Å². The van der Waals surface area contributed by atoms with Gasteiger partial charge >= 0.3 is 0 Å². The van der Waals surface area contributed by atoms with E-state index in [1.165, 1.54) is 65.3 Å². The van der Waals surface area contributed by atoms with Crippen molar-refractivity contribution in [2.24, 2.45) is 0 Å². The summed E-state index contributed by atoms with van der Waals surface area (Å²) in [5.74, 6) is 0. The Kier molecular flexibility index (Phi) is 2.14. The maximum absolute atomic E-state index is 6.45. The molecule has 2 aliphatic rings. The normalized spacial score (nSPS) is 18.4. The van der Waals surface area contributed by atoms with Gasteiger partial charge in [-0.3, -0.25) is 0 Å². The Bertz CT molecular complexity index is 337. The zero-order valence-electron chi connectivity index (χ0n) is 8.00. The molecule has 3 rings (SSSR count). The summed E-state index contributed by atoms with van der Waals surface area (Å²) >= 11 is 10.2. The van der Waals surface area contributed by atoms with Crippen molar-refractivity contribution >= 4 is 27.5 Å². The van der Waals surface area contributed by atoms with E-state index in [1.807, 2.05) is 0 Å². The first-order chi connectivity index (χ1) is 6.79. The molecule has 0 saturated carbocycles. The van der Waals surface area contributed by atoms with Crippen LogP contribution in [0, 0.1) is 0 Å². The van der Waals surface area contributed by atoms with Gasteiger partial charge in [-0.25, -0.2) is 0 Å². The Morgan fingerprint density at radius 1 is 0.786 bits per heavy atom. The SMILES string of the molecule is Clc1c2c(c(Br)c3c1CCC3)CCC2. The second-order valence-electron chi connectivity index (χ2n) is 4.25. The quantitative estimate of drug-likeness (QED) is 0.667. The van der Waals surface area contributed by atoms with Gasteiger partial charge in [0.15, 0.2) is 0 Å². The first-order valence-corrected chi connectivity index (χ1v) is 6.46. The van der Waals surface area contributed by atoms with Gasteiger partial charge in [0.2, 0.25) is 0 Å². The minimum atomic E-state index is 1.09. The Morgan fingerprint density at radius 2 is 1.21 bits per heavy atom. The molecule has 0 fully saturated rings. The van der Waals surface area contributed by atoms with Crippen LogP contribution in [0.5, 0.6) is 0 Å². The molecule has 1 aromatic rings. The first-order valence-electron chi connectivity index (χ1n) is 5.29. The van der Waals surface area contributed by atoms with Crippen molar-refractivity contribution in [3.63, 3.8) is 0 Å². The average Bonchev–Trinajstić information content (AvgIpc) is 2.82. The Labute approximate surface area is 97.8 Å². The number of benzene rings is 1. The predicted molar refractivity (Wildman–Crippen MR) is 63.2 cm³/mol. The van der Waals surface area contributed by atoms with E-state index in [9.17, 15) is 0 Å². The van der Waals surface area contributed by atoms with E-state index >= 15 is 0 Å². The standard InChI is InChI=1S/C12H12BrCl/c13-11-7-3-1-5-9(7)12(14)10-6-2-4-8(10)11/h1-6H2. The minimum Gasteiger partial charge on any atom is -0.0837 e. The largest absolute Gasteiger partial charge is 0.0837 e. The molecule has 0 unspecified atom stereocenters. The van der Waals surface area contributed by atoms with Crippen LogP contribution in [-0.4, -0.2) is 0 Å². The second-order valence-corrected chi connectivity index (χ2v) is 5.42. The Morgan fingerprint density at radius 3 is 1.71 bits per heavy atom. The third-order valence-corrected chi connectivity index (χ3v) is 4.91. The molecule has 0 radical (unpaired) electrons. The molecule has 0 amide bonds. The van der Waals surface area contributed by atoms with E-state index in [2.05, 4.69) is 15.9 Å². The third kappa shape index (κ3) is 1.12. The highest BCUT2D eigenvalue weighted by molar-refractivity contribution is 9.10. The summed E-state index contributed by atoms with van der Waals surface area (Å²) in [5.41, 5.74) is 5.85. The fourth-order valence-corrected chi connectivity index (χ4v) is 4.11. The molecule has 0 atom stereocenters. The fourth-order valence-electron chi connectivity index (χ4n) is 2.82. The van der Waals surface area contributed by atoms with E-state index in [1.54, 1.807) is 0 Å². The van der Waals surface area contributed by atoms with Crippen molar-refractivity contribution in [1.29, 1.82) is 0 Å². The molecule has 0 spiro atoms. The lowest BCUT2D eigenvalue weighted by molar-refractivity contribution is 0.895. The van der Waals surface area contributed by atoms with Crippen molar-refractivity contribution in [3.8, 4) is 0 Å². The van der Waals surface area contributed by atoms with E-state index in [0.717, 1.165) is 5.02 Å². The molecule has 0 nitrogen and oxygen atoms in total. The van der Waals surface area contributed by atoms with Gasteiger partial charge in [-0.1, -0.05) is 27.5 Å². The molecular weight excluding hydrogens is 259 g/mol. The molecule has 0 aliphatic heterocycles. The third-order valence-electron chi connectivity index (χ3n) is 3.50. The van der Waals surface area contributed by atoms with Gasteiger partial charge in [0.25, 0.3) is 0 Å². The van der Waals surface area contributed by atoms with Crippen LogP contribution in [0.4, 0.5) is 0 Å². The van der Waals surface area contributed by atoms with Crippen molar-refractivity contribution in [2.45, 2.75) is 38.5 Å². The van der Waals surface area contributed by atoms with Crippen LogP contribution in [0.2, 0.25) is 5.02 Å². The fraction of sp³-hybridized carbons (Fsp3) is 0.500. The van der Waals surface area contributed by atoms with Gasteiger partial charge in [0, 0.05) is 9.50 Å². The summed E-state index contributed by atoms with van der Waals surface area (Å²) in [4.78, 5) is 0. The maximum atomic E-state index is 6.45. The van der Waals surface area contributed by atoms with Crippen molar-refractivity contribution in [1.82, 2.24) is 0 Å². The van der Waals surface area contributed by atoms with E-state index < -0.39 is 0 Å². The summed E-state index contributed by atoms with van der Waals surface area (Å²) in [6, 6.07) is 0. The molecule has 1 aromatic carbocycles. The summed E-state index contributed by atoms with van der Waals surface area (Å²) in [6.45, 7) is 0. The van der Waals surface area contributed by atoms with Crippen LogP contribution < -0.4 is 0 Å². The molecule has 2 heteroatoms. The monoisotopic (exact) mass is 270 g/mol. The zero-order chi connectivity index (χ0) is 9.71. The van der Waals surface area contributed by atoms with Crippen molar-refractivity contribution in [2.75, 3.05) is 0 Å². The van der Waals surface area contributed by atoms with E-state index in [0.29, 0.717) is 0 Å². The Balaban J connectivity index is 2.33. The van der Waals surface area contributed by atoms with Gasteiger partial charge < -0.3 is 0 Å².